The zero-order valence-electron chi connectivity index (χ0n) is 20.4. The summed E-state index contributed by atoms with van der Waals surface area (Å²) in [6, 6.07) is 7.17. The van der Waals surface area contributed by atoms with E-state index in [9.17, 15) is 19.8 Å². The highest BCUT2D eigenvalue weighted by Gasteiger charge is 2.31. The van der Waals surface area contributed by atoms with Gasteiger partial charge in [0, 0.05) is 36.3 Å². The van der Waals surface area contributed by atoms with Gasteiger partial charge in [-0.05, 0) is 36.5 Å². The first-order valence-electron chi connectivity index (χ1n) is 11.8. The Kier molecular flexibility index (Phi) is 6.80. The molecule has 2 aliphatic rings. The van der Waals surface area contributed by atoms with Crippen molar-refractivity contribution in [3.05, 3.63) is 52.3 Å². The molecule has 0 aliphatic carbocycles. The van der Waals surface area contributed by atoms with Crippen LogP contribution < -0.4 is 9.64 Å². The number of nitrogens with zero attached hydrogens (tertiary/aromatic N) is 3. The number of hydrogen-bond donors (Lipinski definition) is 3. The zero-order chi connectivity index (χ0) is 25.3. The third-order valence-electron chi connectivity index (χ3n) is 6.42. The largest absolute Gasteiger partial charge is 0.479 e. The zero-order valence-corrected chi connectivity index (χ0v) is 20.4. The standard InChI is InChI=1S/C26H32N4O5/c1-26(2,3)19-10-17(11-20(29-8-4-5-9-29)24(19)35-15-22(33)34)21(32)13-30-12-16-6-7-18(14-31)28-23(16)25(30)27/h6-7,10-11,27,31H,4-5,8-9,12-15H2,1-3H3,(H,33,34). The van der Waals surface area contributed by atoms with Crippen molar-refractivity contribution < 1.29 is 24.5 Å². The van der Waals surface area contributed by atoms with Gasteiger partial charge in [0.05, 0.1) is 24.5 Å². The lowest BCUT2D eigenvalue weighted by Crippen LogP contribution is -2.31. The number of ketones is 1. The highest BCUT2D eigenvalue weighted by Crippen LogP contribution is 2.41. The summed E-state index contributed by atoms with van der Waals surface area (Å²) in [7, 11) is 0. The summed E-state index contributed by atoms with van der Waals surface area (Å²) >= 11 is 0. The Labute approximate surface area is 204 Å². The molecule has 1 aromatic heterocycles. The van der Waals surface area contributed by atoms with E-state index in [1.807, 2.05) is 26.8 Å². The van der Waals surface area contributed by atoms with Crippen molar-refractivity contribution in [1.29, 1.82) is 5.41 Å². The van der Waals surface area contributed by atoms with Gasteiger partial charge in [-0.15, -0.1) is 0 Å². The van der Waals surface area contributed by atoms with Crippen LogP contribution in [0.1, 0.15) is 66.5 Å². The first kappa shape index (κ1) is 24.7. The van der Waals surface area contributed by atoms with Crippen molar-refractivity contribution in [3.8, 4) is 5.75 Å². The van der Waals surface area contributed by atoms with E-state index in [1.54, 1.807) is 23.1 Å². The van der Waals surface area contributed by atoms with E-state index in [4.69, 9.17) is 10.1 Å². The lowest BCUT2D eigenvalue weighted by Gasteiger charge is -2.29. The molecule has 1 saturated heterocycles. The molecular weight excluding hydrogens is 448 g/mol. The predicted octanol–water partition coefficient (Wildman–Crippen LogP) is 2.96. The van der Waals surface area contributed by atoms with Crippen LogP contribution in [0.25, 0.3) is 0 Å². The number of benzene rings is 1. The molecule has 4 rings (SSSR count). The number of pyridine rings is 1. The minimum Gasteiger partial charge on any atom is -0.479 e. The fourth-order valence-corrected chi connectivity index (χ4v) is 4.59. The number of aromatic nitrogens is 1. The molecular formula is C26H32N4O5. The number of carbonyl (C=O) groups is 2. The van der Waals surface area contributed by atoms with E-state index in [2.05, 4.69) is 9.88 Å². The molecule has 1 aromatic carbocycles. The van der Waals surface area contributed by atoms with Gasteiger partial charge in [0.2, 0.25) is 0 Å². The number of ether oxygens (including phenoxy) is 1. The Bertz CT molecular complexity index is 1170. The van der Waals surface area contributed by atoms with E-state index in [1.165, 1.54) is 0 Å². The molecule has 35 heavy (non-hydrogen) atoms. The Hall–Kier alpha value is -3.46. The van der Waals surface area contributed by atoms with Crippen LogP contribution in [0.15, 0.2) is 24.3 Å². The molecule has 3 N–H and O–H groups in total. The summed E-state index contributed by atoms with van der Waals surface area (Å²) in [5.74, 6) is -0.510. The van der Waals surface area contributed by atoms with Crippen LogP contribution in [0.3, 0.4) is 0 Å². The number of nitrogens with one attached hydrogen (secondary N) is 1. The van der Waals surface area contributed by atoms with Gasteiger partial charge in [-0.1, -0.05) is 26.8 Å². The average molecular weight is 481 g/mol. The normalized spacial score (nSPS) is 15.5. The van der Waals surface area contributed by atoms with E-state index in [-0.39, 0.29) is 30.2 Å². The van der Waals surface area contributed by atoms with Gasteiger partial charge in [0.1, 0.15) is 17.3 Å². The molecule has 0 radical (unpaired) electrons. The van der Waals surface area contributed by atoms with Gasteiger partial charge in [-0.3, -0.25) is 10.2 Å². The highest BCUT2D eigenvalue weighted by atomic mass is 16.5. The number of anilines is 1. The van der Waals surface area contributed by atoms with Crippen molar-refractivity contribution in [2.45, 2.75) is 52.2 Å². The van der Waals surface area contributed by atoms with Crippen molar-refractivity contribution in [2.75, 3.05) is 31.1 Å². The molecule has 0 saturated carbocycles. The third-order valence-corrected chi connectivity index (χ3v) is 6.42. The number of fused-ring (bicyclic) bond motifs is 1. The molecule has 0 bridgehead atoms. The maximum Gasteiger partial charge on any atom is 0.341 e. The average Bonchev–Trinajstić information content (AvgIpc) is 3.45. The van der Waals surface area contributed by atoms with Crippen LogP contribution in [-0.4, -0.2) is 63.9 Å². The quantitative estimate of drug-likeness (QED) is 0.492. The summed E-state index contributed by atoms with van der Waals surface area (Å²) in [6.07, 6.45) is 2.04. The minimum absolute atomic E-state index is 0.0159. The molecule has 2 aliphatic heterocycles. The van der Waals surface area contributed by atoms with Gasteiger partial charge >= 0.3 is 5.97 Å². The fraction of sp³-hybridized carbons (Fsp3) is 0.462. The molecule has 2 aromatic rings. The third kappa shape index (κ3) is 5.14. The SMILES string of the molecule is CC(C)(C)c1cc(C(=O)CN2Cc3ccc(CO)nc3C2=N)cc(N2CCCC2)c1OCC(=O)O. The predicted molar refractivity (Wildman–Crippen MR) is 131 cm³/mol. The fourth-order valence-electron chi connectivity index (χ4n) is 4.59. The van der Waals surface area contributed by atoms with E-state index < -0.39 is 12.6 Å². The van der Waals surface area contributed by atoms with Crippen molar-refractivity contribution in [1.82, 2.24) is 9.88 Å². The molecule has 9 heteroatoms. The van der Waals surface area contributed by atoms with E-state index >= 15 is 0 Å². The molecule has 1 fully saturated rings. The number of carbonyl (C=O) groups excluding carboxylic acids is 1. The van der Waals surface area contributed by atoms with Crippen LogP contribution in [0.4, 0.5) is 5.69 Å². The van der Waals surface area contributed by atoms with Gasteiger partial charge in [-0.2, -0.15) is 0 Å². The number of Topliss-reactive ketones (excluding diaryl/α,β-unsaturated/α-hetero) is 1. The van der Waals surface area contributed by atoms with Crippen molar-refractivity contribution in [3.63, 3.8) is 0 Å². The van der Waals surface area contributed by atoms with E-state index in [0.717, 1.165) is 42.7 Å². The lowest BCUT2D eigenvalue weighted by molar-refractivity contribution is -0.139. The topological polar surface area (TPSA) is 127 Å². The number of aliphatic carboxylic acids is 1. The van der Waals surface area contributed by atoms with Crippen LogP contribution in [-0.2, 0) is 23.4 Å². The summed E-state index contributed by atoms with van der Waals surface area (Å²) in [4.78, 5) is 32.9. The second kappa shape index (κ2) is 9.65. The second-order valence-electron chi connectivity index (χ2n) is 10.1. The molecule has 0 amide bonds. The molecule has 0 atom stereocenters. The van der Waals surface area contributed by atoms with Gasteiger partial charge in [-0.25, -0.2) is 9.78 Å². The van der Waals surface area contributed by atoms with Crippen LogP contribution >= 0.6 is 0 Å². The number of aliphatic hydroxyl groups is 1. The number of carboxylic acids is 1. The second-order valence-corrected chi connectivity index (χ2v) is 10.1. The molecule has 0 unspecified atom stereocenters. The maximum absolute atomic E-state index is 13.5. The first-order chi connectivity index (χ1) is 16.6. The number of aliphatic hydroxyl groups excluding tert-OH is 1. The van der Waals surface area contributed by atoms with E-state index in [0.29, 0.717) is 29.2 Å². The Morgan fingerprint density at radius 2 is 1.89 bits per heavy atom. The molecule has 3 heterocycles. The van der Waals surface area contributed by atoms with Crippen molar-refractivity contribution in [2.24, 2.45) is 0 Å². The maximum atomic E-state index is 13.5. The number of hydrogen-bond acceptors (Lipinski definition) is 7. The summed E-state index contributed by atoms with van der Waals surface area (Å²) < 4.78 is 5.79. The van der Waals surface area contributed by atoms with Crippen LogP contribution in [0, 0.1) is 5.41 Å². The minimum atomic E-state index is -1.05. The summed E-state index contributed by atoms with van der Waals surface area (Å²) in [6.45, 7) is 7.42. The lowest BCUT2D eigenvalue weighted by atomic mass is 9.84. The Balaban J connectivity index is 1.67. The molecule has 186 valence electrons. The highest BCUT2D eigenvalue weighted by molar-refractivity contribution is 6.05. The molecule has 0 spiro atoms. The van der Waals surface area contributed by atoms with Crippen LogP contribution in [0.5, 0.6) is 5.75 Å². The number of carboxylic acid groups (broad SMARTS) is 1. The van der Waals surface area contributed by atoms with Gasteiger partial charge in [0.25, 0.3) is 0 Å². The monoisotopic (exact) mass is 480 g/mol. The summed E-state index contributed by atoms with van der Waals surface area (Å²) in [5, 5.41) is 27.1. The molecule has 9 nitrogen and oxygen atoms in total. The number of rotatable bonds is 8. The van der Waals surface area contributed by atoms with Gasteiger partial charge in [0.15, 0.2) is 12.4 Å². The van der Waals surface area contributed by atoms with Crippen molar-refractivity contribution >= 4 is 23.3 Å². The summed E-state index contributed by atoms with van der Waals surface area (Å²) in [5.41, 5.74) is 3.48. The number of amidine groups is 1. The Morgan fingerprint density at radius 1 is 1.17 bits per heavy atom. The van der Waals surface area contributed by atoms with Crippen LogP contribution in [0.2, 0.25) is 0 Å². The van der Waals surface area contributed by atoms with Gasteiger partial charge < -0.3 is 24.7 Å². The smallest absolute Gasteiger partial charge is 0.341 e. The Morgan fingerprint density at radius 3 is 2.51 bits per heavy atom. The first-order valence-corrected chi connectivity index (χ1v) is 11.8.